The van der Waals surface area contributed by atoms with E-state index in [1.165, 1.54) is 11.3 Å². The maximum absolute atomic E-state index is 11.5. The fourth-order valence-corrected chi connectivity index (χ4v) is 2.76. The lowest BCUT2D eigenvalue weighted by Gasteiger charge is -2.07. The van der Waals surface area contributed by atoms with E-state index < -0.39 is 0 Å². The highest BCUT2D eigenvalue weighted by atomic mass is 127. The summed E-state index contributed by atoms with van der Waals surface area (Å²) in [6.45, 7) is 0.354. The first-order chi connectivity index (χ1) is 8.70. The van der Waals surface area contributed by atoms with Gasteiger partial charge in [0.15, 0.2) is 0 Å². The number of benzene rings is 1. The molecule has 0 saturated heterocycles. The van der Waals surface area contributed by atoms with Crippen LogP contribution >= 0.6 is 33.9 Å². The van der Waals surface area contributed by atoms with Crippen molar-refractivity contribution in [1.29, 1.82) is 0 Å². The van der Waals surface area contributed by atoms with Gasteiger partial charge in [-0.15, -0.1) is 11.3 Å². The molecule has 1 aromatic heterocycles. The number of carbonyl (C=O) groups excluding carboxylic acids is 1. The summed E-state index contributed by atoms with van der Waals surface area (Å²) in [6, 6.07) is 9.61. The second-order valence-corrected chi connectivity index (χ2v) is 5.66. The van der Waals surface area contributed by atoms with Crippen molar-refractivity contribution < 1.29 is 9.53 Å². The van der Waals surface area contributed by atoms with Gasteiger partial charge in [0.2, 0.25) is 0 Å². The Labute approximate surface area is 122 Å². The van der Waals surface area contributed by atoms with Gasteiger partial charge in [-0.3, -0.25) is 10.2 Å². The minimum atomic E-state index is -0.286. The highest BCUT2D eigenvalue weighted by Crippen LogP contribution is 2.20. The molecule has 2 aromatic rings. The number of ether oxygens (including phenoxy) is 1. The largest absolute Gasteiger partial charge is 0.489 e. The smallest absolute Gasteiger partial charge is 0.275 e. The van der Waals surface area contributed by atoms with Crippen LogP contribution in [0.4, 0.5) is 0 Å². The van der Waals surface area contributed by atoms with Gasteiger partial charge >= 0.3 is 0 Å². The summed E-state index contributed by atoms with van der Waals surface area (Å²) in [5.41, 5.74) is 2.96. The zero-order chi connectivity index (χ0) is 13.0. The zero-order valence-electron chi connectivity index (χ0n) is 9.35. The normalized spacial score (nSPS) is 10.1. The van der Waals surface area contributed by atoms with Gasteiger partial charge in [0.25, 0.3) is 5.91 Å². The van der Waals surface area contributed by atoms with Crippen LogP contribution in [0, 0.1) is 3.57 Å². The van der Waals surface area contributed by atoms with Crippen LogP contribution < -0.4 is 16.0 Å². The van der Waals surface area contributed by atoms with Crippen molar-refractivity contribution in [2.24, 2.45) is 5.84 Å². The van der Waals surface area contributed by atoms with Crippen LogP contribution in [0.3, 0.4) is 0 Å². The van der Waals surface area contributed by atoms with Gasteiger partial charge in [-0.25, -0.2) is 5.84 Å². The van der Waals surface area contributed by atoms with Crippen LogP contribution in [0.25, 0.3) is 0 Å². The highest BCUT2D eigenvalue weighted by Gasteiger charge is 2.12. The number of nitrogens with one attached hydrogen (secondary N) is 1. The molecular formula is C12H11IN2O2S. The lowest BCUT2D eigenvalue weighted by atomic mass is 10.2. The number of carbonyl (C=O) groups is 1. The summed E-state index contributed by atoms with van der Waals surface area (Å²) in [5, 5.41) is 1.85. The number of hydrogen-bond donors (Lipinski definition) is 2. The molecule has 0 atom stereocenters. The third-order valence-corrected chi connectivity index (χ3v) is 3.90. The molecule has 0 radical (unpaired) electrons. The third kappa shape index (κ3) is 3.21. The standard InChI is InChI=1S/C12H11IN2O2S/c13-9-2-1-3-10(6-9)17-7-8-4-5-18-11(8)12(16)15-14/h1-6H,7,14H2,(H,15,16). The number of halogens is 1. The van der Waals surface area contributed by atoms with Crippen molar-refractivity contribution in [2.75, 3.05) is 0 Å². The van der Waals surface area contributed by atoms with Crippen LogP contribution in [-0.4, -0.2) is 5.91 Å². The second kappa shape index (κ2) is 6.17. The summed E-state index contributed by atoms with van der Waals surface area (Å²) < 4.78 is 6.75. The van der Waals surface area contributed by atoms with Crippen molar-refractivity contribution in [3.8, 4) is 5.75 Å². The van der Waals surface area contributed by atoms with Crippen LogP contribution in [0.5, 0.6) is 5.75 Å². The van der Waals surface area contributed by atoms with Gasteiger partial charge in [0, 0.05) is 9.13 Å². The van der Waals surface area contributed by atoms with Gasteiger partial charge in [-0.1, -0.05) is 6.07 Å². The summed E-state index contributed by atoms with van der Waals surface area (Å²) in [4.78, 5) is 12.1. The van der Waals surface area contributed by atoms with Crippen molar-refractivity contribution in [2.45, 2.75) is 6.61 Å². The zero-order valence-corrected chi connectivity index (χ0v) is 12.3. The number of thiophene rings is 1. The average Bonchev–Trinajstić information content (AvgIpc) is 2.84. The second-order valence-electron chi connectivity index (χ2n) is 3.49. The van der Waals surface area contributed by atoms with Crippen molar-refractivity contribution in [3.63, 3.8) is 0 Å². The maximum atomic E-state index is 11.5. The van der Waals surface area contributed by atoms with Gasteiger partial charge in [-0.05, 0) is 52.2 Å². The Morgan fingerprint density at radius 2 is 2.28 bits per heavy atom. The van der Waals surface area contributed by atoms with E-state index in [1.54, 1.807) is 0 Å². The Kier molecular flexibility index (Phi) is 4.56. The fourth-order valence-electron chi connectivity index (χ4n) is 1.43. The molecule has 0 aliphatic rings. The van der Waals surface area contributed by atoms with Crippen LogP contribution in [0.2, 0.25) is 0 Å². The van der Waals surface area contributed by atoms with Gasteiger partial charge in [-0.2, -0.15) is 0 Å². The predicted molar refractivity (Wildman–Crippen MR) is 79.5 cm³/mol. The first-order valence-corrected chi connectivity index (χ1v) is 7.12. The third-order valence-electron chi connectivity index (χ3n) is 2.27. The SMILES string of the molecule is NNC(=O)c1sccc1COc1cccc(I)c1. The number of amides is 1. The van der Waals surface area contributed by atoms with Gasteiger partial charge in [0.1, 0.15) is 12.4 Å². The molecule has 0 aliphatic carbocycles. The van der Waals surface area contributed by atoms with Crippen molar-refractivity contribution in [3.05, 3.63) is 49.7 Å². The Bertz CT molecular complexity index is 557. The van der Waals surface area contributed by atoms with Crippen LogP contribution in [0.15, 0.2) is 35.7 Å². The number of rotatable bonds is 4. The molecule has 4 nitrogen and oxygen atoms in total. The predicted octanol–water partition coefficient (Wildman–Crippen LogP) is 2.54. The van der Waals surface area contributed by atoms with Crippen molar-refractivity contribution in [1.82, 2.24) is 5.43 Å². The van der Waals surface area contributed by atoms with E-state index in [0.29, 0.717) is 11.5 Å². The lowest BCUT2D eigenvalue weighted by Crippen LogP contribution is -2.30. The summed E-state index contributed by atoms with van der Waals surface area (Å²) in [7, 11) is 0. The Morgan fingerprint density at radius 1 is 1.44 bits per heavy atom. The van der Waals surface area contributed by atoms with E-state index >= 15 is 0 Å². The van der Waals surface area contributed by atoms with Gasteiger partial charge in [0.05, 0.1) is 4.88 Å². The molecular weight excluding hydrogens is 363 g/mol. The molecule has 94 valence electrons. The molecule has 0 saturated carbocycles. The molecule has 6 heteroatoms. The Morgan fingerprint density at radius 3 is 3.00 bits per heavy atom. The Hall–Kier alpha value is -1.12. The van der Waals surface area contributed by atoms with E-state index in [2.05, 4.69) is 28.0 Å². The quantitative estimate of drug-likeness (QED) is 0.374. The molecule has 3 N–H and O–H groups in total. The van der Waals surface area contributed by atoms with Crippen molar-refractivity contribution >= 4 is 39.8 Å². The number of nitrogen functional groups attached to an aromatic ring is 1. The monoisotopic (exact) mass is 374 g/mol. The molecule has 0 bridgehead atoms. The first-order valence-electron chi connectivity index (χ1n) is 5.16. The van der Waals surface area contributed by atoms with E-state index in [4.69, 9.17) is 10.6 Å². The first kappa shape index (κ1) is 13.3. The molecule has 1 amide bonds. The number of hydrazine groups is 1. The molecule has 0 aliphatic heterocycles. The topological polar surface area (TPSA) is 64.3 Å². The van der Waals surface area contributed by atoms with Crippen LogP contribution in [-0.2, 0) is 6.61 Å². The minimum Gasteiger partial charge on any atom is -0.489 e. The Balaban J connectivity index is 2.07. The summed E-state index contributed by atoms with van der Waals surface area (Å²) in [6.07, 6.45) is 0. The average molecular weight is 374 g/mol. The maximum Gasteiger partial charge on any atom is 0.275 e. The molecule has 0 unspecified atom stereocenters. The molecule has 18 heavy (non-hydrogen) atoms. The highest BCUT2D eigenvalue weighted by molar-refractivity contribution is 14.1. The summed E-state index contributed by atoms with van der Waals surface area (Å²) in [5.74, 6) is 5.62. The van der Waals surface area contributed by atoms with Gasteiger partial charge < -0.3 is 4.74 Å². The van der Waals surface area contributed by atoms with E-state index in [9.17, 15) is 4.79 Å². The molecule has 0 spiro atoms. The number of hydrogen-bond acceptors (Lipinski definition) is 4. The molecule has 1 aromatic carbocycles. The number of nitrogens with two attached hydrogens (primary N) is 1. The van der Waals surface area contributed by atoms with E-state index in [1.807, 2.05) is 35.7 Å². The van der Waals surface area contributed by atoms with E-state index in [-0.39, 0.29) is 5.91 Å². The minimum absolute atomic E-state index is 0.286. The molecule has 1 heterocycles. The fraction of sp³-hybridized carbons (Fsp3) is 0.0833. The van der Waals surface area contributed by atoms with E-state index in [0.717, 1.165) is 14.9 Å². The summed E-state index contributed by atoms with van der Waals surface area (Å²) >= 11 is 3.57. The van der Waals surface area contributed by atoms with Crippen LogP contribution in [0.1, 0.15) is 15.2 Å². The lowest BCUT2D eigenvalue weighted by molar-refractivity contribution is 0.0955. The molecule has 0 fully saturated rings. The molecule has 2 rings (SSSR count).